The van der Waals surface area contributed by atoms with Crippen molar-refractivity contribution in [2.24, 2.45) is 7.05 Å². The second-order valence-corrected chi connectivity index (χ2v) is 4.72. The minimum Gasteiger partial charge on any atom is -0.346 e. The summed E-state index contributed by atoms with van der Waals surface area (Å²) in [5, 5.41) is 7.49. The number of rotatable bonds is 3. The fraction of sp³-hybridized carbons (Fsp3) is 0.182. The average Bonchev–Trinajstić information content (AvgIpc) is 2.93. The van der Waals surface area contributed by atoms with Crippen LogP contribution in [0.25, 0.3) is 5.65 Å². The largest absolute Gasteiger partial charge is 0.346 e. The van der Waals surface area contributed by atoms with Crippen LogP contribution in [-0.2, 0) is 13.6 Å². The molecule has 0 bridgehead atoms. The molecule has 0 fully saturated rings. The van der Waals surface area contributed by atoms with Crippen LogP contribution in [0.4, 0.5) is 5.95 Å². The van der Waals surface area contributed by atoms with Crippen LogP contribution in [0.5, 0.6) is 0 Å². The molecule has 0 aliphatic heterocycles. The highest BCUT2D eigenvalue weighted by Gasteiger charge is 2.06. The van der Waals surface area contributed by atoms with E-state index in [-0.39, 0.29) is 0 Å². The molecule has 0 saturated heterocycles. The van der Waals surface area contributed by atoms with Crippen LogP contribution in [0.3, 0.4) is 0 Å². The molecule has 0 saturated carbocycles. The van der Waals surface area contributed by atoms with Gasteiger partial charge in [0.05, 0.1) is 11.0 Å². The summed E-state index contributed by atoms with van der Waals surface area (Å²) in [6, 6.07) is 3.85. The molecule has 3 rings (SSSR count). The Morgan fingerprint density at radius 2 is 2.28 bits per heavy atom. The predicted octanol–water partition coefficient (Wildman–Crippen LogP) is 1.84. The van der Waals surface area contributed by atoms with Crippen molar-refractivity contribution in [1.82, 2.24) is 24.1 Å². The van der Waals surface area contributed by atoms with Gasteiger partial charge in [0.2, 0.25) is 5.95 Å². The van der Waals surface area contributed by atoms with E-state index in [2.05, 4.69) is 36.3 Å². The van der Waals surface area contributed by atoms with E-state index in [0.717, 1.165) is 15.9 Å². The van der Waals surface area contributed by atoms with E-state index in [1.807, 2.05) is 36.1 Å². The number of nitrogens with one attached hydrogen (secondary N) is 1. The summed E-state index contributed by atoms with van der Waals surface area (Å²) in [6.45, 7) is 0.595. The first kappa shape index (κ1) is 11.2. The molecule has 3 aromatic heterocycles. The molecule has 7 heteroatoms. The number of pyridine rings is 1. The molecule has 0 aliphatic rings. The van der Waals surface area contributed by atoms with Gasteiger partial charge in [-0.1, -0.05) is 0 Å². The number of hydrogen-bond acceptors (Lipinski definition) is 4. The highest BCUT2D eigenvalue weighted by Crippen LogP contribution is 2.16. The van der Waals surface area contributed by atoms with Crippen molar-refractivity contribution in [2.45, 2.75) is 6.54 Å². The summed E-state index contributed by atoms with van der Waals surface area (Å²) in [4.78, 5) is 8.63. The molecule has 3 aromatic rings. The van der Waals surface area contributed by atoms with Gasteiger partial charge in [-0.05, 0) is 28.1 Å². The fourth-order valence-corrected chi connectivity index (χ4v) is 2.10. The highest BCUT2D eigenvalue weighted by atomic mass is 79.9. The minimum absolute atomic E-state index is 0.588. The second kappa shape index (κ2) is 4.41. The third kappa shape index (κ3) is 1.97. The van der Waals surface area contributed by atoms with Gasteiger partial charge in [0.15, 0.2) is 5.65 Å². The molecule has 0 aliphatic carbocycles. The van der Waals surface area contributed by atoms with Crippen molar-refractivity contribution in [2.75, 3.05) is 5.32 Å². The molecular weight excluding hydrogens is 296 g/mol. The quantitative estimate of drug-likeness (QED) is 0.802. The maximum absolute atomic E-state index is 4.40. The third-order valence-electron chi connectivity index (χ3n) is 2.64. The summed E-state index contributed by atoms with van der Waals surface area (Å²) in [7, 11) is 1.96. The van der Waals surface area contributed by atoms with Crippen molar-refractivity contribution >= 4 is 27.5 Å². The Hall–Kier alpha value is -1.89. The first-order valence-electron chi connectivity index (χ1n) is 5.45. The Morgan fingerprint density at radius 1 is 1.39 bits per heavy atom. The molecule has 1 N–H and O–H groups in total. The van der Waals surface area contributed by atoms with Gasteiger partial charge >= 0.3 is 0 Å². The molecule has 6 nitrogen and oxygen atoms in total. The lowest BCUT2D eigenvalue weighted by Crippen LogP contribution is -2.06. The molecule has 18 heavy (non-hydrogen) atoms. The summed E-state index contributed by atoms with van der Waals surface area (Å²) < 4.78 is 4.60. The first-order chi connectivity index (χ1) is 8.74. The molecular formula is C11H11BrN6. The molecule has 0 radical (unpaired) electrons. The number of fused-ring (bicyclic) bond motifs is 1. The SMILES string of the molecule is Cn1ccnc1CNc1nc2c(Br)cccn2n1. The van der Waals surface area contributed by atoms with Crippen LogP contribution >= 0.6 is 15.9 Å². The normalized spacial score (nSPS) is 11.0. The number of nitrogens with zero attached hydrogens (tertiary/aromatic N) is 5. The second-order valence-electron chi connectivity index (χ2n) is 3.87. The zero-order valence-corrected chi connectivity index (χ0v) is 11.3. The number of imidazole rings is 1. The van der Waals surface area contributed by atoms with Crippen molar-refractivity contribution in [3.63, 3.8) is 0 Å². The number of aryl methyl sites for hydroxylation is 1. The van der Waals surface area contributed by atoms with E-state index in [4.69, 9.17) is 0 Å². The van der Waals surface area contributed by atoms with E-state index in [1.54, 1.807) is 10.7 Å². The van der Waals surface area contributed by atoms with Gasteiger partial charge in [0, 0.05) is 25.6 Å². The first-order valence-corrected chi connectivity index (χ1v) is 6.24. The smallest absolute Gasteiger partial charge is 0.243 e. The van der Waals surface area contributed by atoms with Gasteiger partial charge in [0.1, 0.15) is 5.82 Å². The summed E-state index contributed by atoms with van der Waals surface area (Å²) in [6.07, 6.45) is 5.54. The number of aromatic nitrogens is 5. The van der Waals surface area contributed by atoms with Crippen molar-refractivity contribution in [3.8, 4) is 0 Å². The summed E-state index contributed by atoms with van der Waals surface area (Å²) >= 11 is 3.44. The van der Waals surface area contributed by atoms with Crippen LogP contribution in [0.1, 0.15) is 5.82 Å². The molecule has 0 amide bonds. The van der Waals surface area contributed by atoms with Crippen LogP contribution in [0.15, 0.2) is 35.2 Å². The summed E-state index contributed by atoms with van der Waals surface area (Å²) in [5.41, 5.74) is 0.792. The Balaban J connectivity index is 1.83. The fourth-order valence-electron chi connectivity index (χ4n) is 1.67. The Morgan fingerprint density at radius 3 is 3.00 bits per heavy atom. The van der Waals surface area contributed by atoms with E-state index in [1.165, 1.54) is 0 Å². The third-order valence-corrected chi connectivity index (χ3v) is 3.26. The van der Waals surface area contributed by atoms with Crippen LogP contribution in [-0.4, -0.2) is 24.1 Å². The number of hydrogen-bond donors (Lipinski definition) is 1. The van der Waals surface area contributed by atoms with Gasteiger partial charge in [-0.15, -0.1) is 5.10 Å². The zero-order chi connectivity index (χ0) is 12.5. The topological polar surface area (TPSA) is 60.0 Å². The van der Waals surface area contributed by atoms with E-state index in [0.29, 0.717) is 12.5 Å². The maximum atomic E-state index is 4.40. The number of halogens is 1. The van der Waals surface area contributed by atoms with Crippen LogP contribution < -0.4 is 5.32 Å². The monoisotopic (exact) mass is 306 g/mol. The van der Waals surface area contributed by atoms with E-state index < -0.39 is 0 Å². The minimum atomic E-state index is 0.588. The average molecular weight is 307 g/mol. The zero-order valence-electron chi connectivity index (χ0n) is 9.71. The molecule has 0 aromatic carbocycles. The number of anilines is 1. The lowest BCUT2D eigenvalue weighted by atomic mass is 10.5. The molecule has 0 atom stereocenters. The van der Waals surface area contributed by atoms with Gasteiger partial charge in [-0.3, -0.25) is 0 Å². The van der Waals surface area contributed by atoms with E-state index in [9.17, 15) is 0 Å². The lowest BCUT2D eigenvalue weighted by molar-refractivity contribution is 0.807. The van der Waals surface area contributed by atoms with Crippen LogP contribution in [0, 0.1) is 0 Å². The maximum Gasteiger partial charge on any atom is 0.243 e. The Kier molecular flexibility index (Phi) is 2.75. The van der Waals surface area contributed by atoms with Crippen molar-refractivity contribution in [3.05, 3.63) is 41.0 Å². The highest BCUT2D eigenvalue weighted by molar-refractivity contribution is 9.10. The lowest BCUT2D eigenvalue weighted by Gasteiger charge is -2.01. The standard InChI is InChI=1S/C11H11BrN6/c1-17-6-4-13-9(17)7-14-11-15-10-8(12)3-2-5-18(10)16-11/h2-6H,7H2,1H3,(H,14,16). The summed E-state index contributed by atoms with van der Waals surface area (Å²) in [5.74, 6) is 1.53. The predicted molar refractivity (Wildman–Crippen MR) is 71.2 cm³/mol. The van der Waals surface area contributed by atoms with Crippen molar-refractivity contribution in [1.29, 1.82) is 0 Å². The van der Waals surface area contributed by atoms with Crippen LogP contribution in [0.2, 0.25) is 0 Å². The molecule has 0 spiro atoms. The van der Waals surface area contributed by atoms with E-state index >= 15 is 0 Å². The van der Waals surface area contributed by atoms with Gasteiger partial charge in [-0.2, -0.15) is 4.98 Å². The molecule has 0 unspecified atom stereocenters. The Bertz CT molecular complexity index is 686. The van der Waals surface area contributed by atoms with Gasteiger partial charge in [-0.25, -0.2) is 9.50 Å². The van der Waals surface area contributed by atoms with Gasteiger partial charge < -0.3 is 9.88 Å². The molecule has 92 valence electrons. The Labute approximate surface area is 112 Å². The molecule has 3 heterocycles. The van der Waals surface area contributed by atoms with Gasteiger partial charge in [0.25, 0.3) is 0 Å². The van der Waals surface area contributed by atoms with Crippen molar-refractivity contribution < 1.29 is 0 Å².